The maximum absolute atomic E-state index is 10.9. The molecule has 0 aliphatic rings. The molecule has 10 rings (SSSR count). The minimum absolute atomic E-state index is 0.520. The van der Waals surface area contributed by atoms with Crippen LogP contribution in [0.2, 0.25) is 0 Å². The average Bonchev–Trinajstić information content (AvgIpc) is 3.36. The van der Waals surface area contributed by atoms with Gasteiger partial charge in [-0.25, -0.2) is 9.97 Å². The van der Waals surface area contributed by atoms with Gasteiger partial charge in [0.05, 0.1) is 33.9 Å². The van der Waals surface area contributed by atoms with E-state index in [-0.39, 0.29) is 0 Å². The number of benzene rings is 8. The molecule has 0 bridgehead atoms. The second-order valence-corrected chi connectivity index (χ2v) is 15.1. The van der Waals surface area contributed by atoms with Crippen molar-refractivity contribution in [1.82, 2.24) is 9.97 Å². The van der Waals surface area contributed by atoms with E-state index in [2.05, 4.69) is 109 Å². The normalized spacial score (nSPS) is 10.9. The fraction of sp³-hybridized carbons (Fsp3) is 0. The van der Waals surface area contributed by atoms with Crippen LogP contribution >= 0.6 is 0 Å². The predicted molar refractivity (Wildman–Crippen MR) is 252 cm³/mol. The van der Waals surface area contributed by atoms with Crippen molar-refractivity contribution in [3.05, 3.63) is 230 Å². The minimum Gasteiger partial charge on any atom is -0.248 e. The molecule has 8 aromatic carbocycles. The van der Waals surface area contributed by atoms with Gasteiger partial charge in [-0.3, -0.25) is 0 Å². The summed E-state index contributed by atoms with van der Waals surface area (Å²) in [5.41, 5.74) is 15.9. The van der Waals surface area contributed by atoms with Gasteiger partial charge in [0.2, 0.25) is 0 Å². The predicted octanol–water partition coefficient (Wildman–Crippen LogP) is 14.7. The van der Waals surface area contributed by atoms with Gasteiger partial charge in [-0.05, 0) is 57.6 Å². The average molecular weight is 789 g/mol. The Hall–Kier alpha value is -8.70. The fourth-order valence-corrected chi connectivity index (χ4v) is 8.33. The topological polar surface area (TPSA) is 73.4 Å². The lowest BCUT2D eigenvalue weighted by Crippen LogP contribution is -1.98. The summed E-state index contributed by atoms with van der Waals surface area (Å²) in [6.45, 7) is 0. The van der Waals surface area contributed by atoms with E-state index in [1.165, 1.54) is 0 Å². The van der Waals surface area contributed by atoms with Crippen molar-refractivity contribution in [2.75, 3.05) is 0 Å². The van der Waals surface area contributed by atoms with E-state index in [0.29, 0.717) is 22.3 Å². The molecule has 0 fully saturated rings. The lowest BCUT2D eigenvalue weighted by atomic mass is 9.83. The van der Waals surface area contributed by atoms with Gasteiger partial charge < -0.3 is 0 Å². The van der Waals surface area contributed by atoms with Crippen LogP contribution in [-0.2, 0) is 0 Å². The first-order valence-corrected chi connectivity index (χ1v) is 20.5. The summed E-state index contributed by atoms with van der Waals surface area (Å²) in [5.74, 6) is 0. The van der Waals surface area contributed by atoms with Gasteiger partial charge >= 0.3 is 0 Å². The molecular formula is C58H36N4. The van der Waals surface area contributed by atoms with Gasteiger partial charge in [0.25, 0.3) is 0 Å². The molecule has 4 heteroatoms. The van der Waals surface area contributed by atoms with Crippen LogP contribution in [0, 0.1) is 22.7 Å². The molecule has 0 spiro atoms. The second-order valence-electron chi connectivity index (χ2n) is 15.1. The van der Waals surface area contributed by atoms with E-state index in [1.54, 1.807) is 0 Å². The highest BCUT2D eigenvalue weighted by atomic mass is 14.7. The van der Waals surface area contributed by atoms with Crippen LogP contribution in [0.1, 0.15) is 11.1 Å². The van der Waals surface area contributed by atoms with Crippen molar-refractivity contribution in [3.63, 3.8) is 0 Å². The third kappa shape index (κ3) is 7.20. The van der Waals surface area contributed by atoms with Crippen LogP contribution < -0.4 is 0 Å². The van der Waals surface area contributed by atoms with Crippen LogP contribution in [0.25, 0.3) is 100 Å². The Morgan fingerprint density at radius 1 is 0.258 bits per heavy atom. The molecule has 62 heavy (non-hydrogen) atoms. The van der Waals surface area contributed by atoms with E-state index in [9.17, 15) is 10.5 Å². The third-order valence-corrected chi connectivity index (χ3v) is 11.4. The largest absolute Gasteiger partial charge is 0.248 e. The Morgan fingerprint density at radius 2 is 0.516 bits per heavy atom. The molecule has 0 aliphatic carbocycles. The Morgan fingerprint density at radius 3 is 0.823 bits per heavy atom. The summed E-state index contributed by atoms with van der Waals surface area (Å²) in [6.07, 6.45) is 0. The SMILES string of the molecule is N#Cc1c(-c2ccc(-c3cc(-c4ccccc4)cc(-c4ccccc4)n3)cc2)c(-c2ccc(-c3cc(-c4ccccc4)cc(-c4ccccc4)n3)cc2)c(C#N)c2ccccc12. The first-order chi connectivity index (χ1) is 30.6. The quantitative estimate of drug-likeness (QED) is 0.154. The summed E-state index contributed by atoms with van der Waals surface area (Å²) < 4.78 is 0. The molecule has 0 N–H and O–H groups in total. The lowest BCUT2D eigenvalue weighted by molar-refractivity contribution is 1.32. The summed E-state index contributed by atoms with van der Waals surface area (Å²) in [4.78, 5) is 10.3. The molecule has 0 amide bonds. The molecule has 288 valence electrons. The molecule has 0 saturated heterocycles. The number of rotatable bonds is 8. The maximum Gasteiger partial charge on any atom is 0.100 e. The van der Waals surface area contributed by atoms with Crippen molar-refractivity contribution in [3.8, 4) is 102 Å². The summed E-state index contributed by atoms with van der Waals surface area (Å²) in [7, 11) is 0. The molecule has 0 saturated carbocycles. The number of fused-ring (bicyclic) bond motifs is 1. The Labute approximate surface area is 361 Å². The van der Waals surface area contributed by atoms with Gasteiger partial charge in [0.15, 0.2) is 0 Å². The lowest BCUT2D eigenvalue weighted by Gasteiger charge is -2.18. The summed E-state index contributed by atoms with van der Waals surface area (Å²) in [6, 6.07) is 78.9. The van der Waals surface area contributed by atoms with Crippen LogP contribution in [0.5, 0.6) is 0 Å². The highest BCUT2D eigenvalue weighted by Gasteiger charge is 2.23. The number of pyridine rings is 2. The number of hydrogen-bond acceptors (Lipinski definition) is 4. The van der Waals surface area contributed by atoms with E-state index in [1.807, 2.05) is 121 Å². The van der Waals surface area contributed by atoms with Crippen molar-refractivity contribution < 1.29 is 0 Å². The zero-order chi connectivity index (χ0) is 41.8. The highest BCUT2D eigenvalue weighted by molar-refractivity contribution is 6.06. The first kappa shape index (κ1) is 37.6. The smallest absolute Gasteiger partial charge is 0.100 e. The standard InChI is InChI=1S/C58H36N4/c59-37-51-49-23-13-14-24-50(49)52(38-60)58(46-31-27-44(28-32-46)56-36-48(40-17-7-2-8-18-40)34-54(62-56)42-21-11-4-12-22-42)57(51)45-29-25-43(26-30-45)55-35-47(39-15-5-1-6-16-39)33-53(61-55)41-19-9-3-10-20-41/h1-36H. The van der Waals surface area contributed by atoms with E-state index in [4.69, 9.17) is 9.97 Å². The third-order valence-electron chi connectivity index (χ3n) is 11.4. The number of nitrogens with zero attached hydrogens (tertiary/aromatic N) is 4. The Kier molecular flexibility index (Phi) is 10.0. The Balaban J connectivity index is 1.10. The Bertz CT molecular complexity index is 2970. The second kappa shape index (κ2) is 16.5. The maximum atomic E-state index is 10.9. The molecule has 2 heterocycles. The van der Waals surface area contributed by atoms with E-state index in [0.717, 1.165) is 89.2 Å². The molecule has 10 aromatic rings. The van der Waals surface area contributed by atoms with Crippen molar-refractivity contribution in [2.45, 2.75) is 0 Å². The molecule has 0 unspecified atom stereocenters. The zero-order valence-electron chi connectivity index (χ0n) is 33.6. The molecular weight excluding hydrogens is 753 g/mol. The van der Waals surface area contributed by atoms with E-state index >= 15 is 0 Å². The summed E-state index contributed by atoms with van der Waals surface area (Å²) in [5, 5.41) is 23.3. The molecule has 2 aromatic heterocycles. The minimum atomic E-state index is 0.520. The van der Waals surface area contributed by atoms with Crippen molar-refractivity contribution in [1.29, 1.82) is 10.5 Å². The van der Waals surface area contributed by atoms with Gasteiger partial charge in [-0.2, -0.15) is 10.5 Å². The van der Waals surface area contributed by atoms with E-state index < -0.39 is 0 Å². The van der Waals surface area contributed by atoms with Crippen LogP contribution in [-0.4, -0.2) is 9.97 Å². The zero-order valence-corrected chi connectivity index (χ0v) is 33.6. The molecule has 0 atom stereocenters. The molecule has 0 radical (unpaired) electrons. The first-order valence-electron chi connectivity index (χ1n) is 20.5. The van der Waals surface area contributed by atoms with Crippen LogP contribution in [0.3, 0.4) is 0 Å². The highest BCUT2D eigenvalue weighted by Crippen LogP contribution is 2.44. The molecule has 4 nitrogen and oxygen atoms in total. The monoisotopic (exact) mass is 788 g/mol. The van der Waals surface area contributed by atoms with Gasteiger partial charge in [0.1, 0.15) is 12.1 Å². The number of aromatic nitrogens is 2. The number of hydrogen-bond donors (Lipinski definition) is 0. The van der Waals surface area contributed by atoms with Gasteiger partial charge in [-0.1, -0.05) is 194 Å². The number of nitriles is 2. The van der Waals surface area contributed by atoms with Crippen LogP contribution in [0.4, 0.5) is 0 Å². The van der Waals surface area contributed by atoms with Crippen molar-refractivity contribution in [2.24, 2.45) is 0 Å². The van der Waals surface area contributed by atoms with Crippen molar-refractivity contribution >= 4 is 10.8 Å². The fourth-order valence-electron chi connectivity index (χ4n) is 8.33. The van der Waals surface area contributed by atoms with Gasteiger partial charge in [-0.15, -0.1) is 0 Å². The van der Waals surface area contributed by atoms with Crippen LogP contribution in [0.15, 0.2) is 218 Å². The summed E-state index contributed by atoms with van der Waals surface area (Å²) >= 11 is 0. The van der Waals surface area contributed by atoms with Gasteiger partial charge in [0, 0.05) is 44.2 Å². The molecule has 0 aliphatic heterocycles.